The van der Waals surface area contributed by atoms with Gasteiger partial charge >= 0.3 is 0 Å². The average Bonchev–Trinajstić information content (AvgIpc) is 2.40. The molecule has 1 saturated heterocycles. The first-order valence-corrected chi connectivity index (χ1v) is 6.02. The summed E-state index contributed by atoms with van der Waals surface area (Å²) in [6.45, 7) is 1.98. The second kappa shape index (κ2) is 5.63. The van der Waals surface area contributed by atoms with Crippen molar-refractivity contribution >= 4 is 5.91 Å². The topological polar surface area (TPSA) is 49.8 Å². The highest BCUT2D eigenvalue weighted by molar-refractivity contribution is 5.94. The van der Waals surface area contributed by atoms with Gasteiger partial charge in [-0.3, -0.25) is 4.79 Å². The molecule has 1 amide bonds. The number of amides is 1. The van der Waals surface area contributed by atoms with Gasteiger partial charge in [0.05, 0.1) is 24.4 Å². The Hall–Kier alpha value is -1.53. The molecule has 2 rings (SSSR count). The van der Waals surface area contributed by atoms with E-state index in [9.17, 15) is 13.6 Å². The number of morpholine rings is 1. The van der Waals surface area contributed by atoms with E-state index in [1.54, 1.807) is 6.92 Å². The molecule has 1 heterocycles. The lowest BCUT2D eigenvalue weighted by molar-refractivity contribution is -0.0859. The number of rotatable bonds is 2. The van der Waals surface area contributed by atoms with Gasteiger partial charge in [0.25, 0.3) is 5.91 Å². The Labute approximate surface area is 109 Å². The van der Waals surface area contributed by atoms with E-state index in [0.717, 1.165) is 18.2 Å². The van der Waals surface area contributed by atoms with Gasteiger partial charge in [0.15, 0.2) is 0 Å². The summed E-state index contributed by atoms with van der Waals surface area (Å²) in [5.41, 5.74) is -0.300. The summed E-state index contributed by atoms with van der Waals surface area (Å²) in [5.74, 6) is -2.01. The molecule has 0 aromatic heterocycles. The fraction of sp³-hybridized carbons (Fsp3) is 0.462. The summed E-state index contributed by atoms with van der Waals surface area (Å²) in [7, 11) is 0. The van der Waals surface area contributed by atoms with Crippen molar-refractivity contribution in [2.75, 3.05) is 19.7 Å². The molecule has 104 valence electrons. The molecular weight excluding hydrogens is 256 g/mol. The van der Waals surface area contributed by atoms with Crippen LogP contribution in [-0.4, -0.2) is 47.8 Å². The molecule has 0 saturated carbocycles. The van der Waals surface area contributed by atoms with Crippen LogP contribution in [0.5, 0.6) is 0 Å². The van der Waals surface area contributed by atoms with E-state index >= 15 is 0 Å². The maximum atomic E-state index is 13.6. The third kappa shape index (κ3) is 3.08. The summed E-state index contributed by atoms with van der Waals surface area (Å²) in [6, 6.07) is 2.77. The van der Waals surface area contributed by atoms with Gasteiger partial charge in [0, 0.05) is 13.1 Å². The van der Waals surface area contributed by atoms with Crippen LogP contribution in [0.4, 0.5) is 8.78 Å². The van der Waals surface area contributed by atoms with Crippen LogP contribution in [0.15, 0.2) is 18.2 Å². The zero-order valence-electron chi connectivity index (χ0n) is 10.5. The van der Waals surface area contributed by atoms with Crippen LogP contribution in [0, 0.1) is 11.6 Å². The summed E-state index contributed by atoms with van der Waals surface area (Å²) >= 11 is 0. The van der Waals surface area contributed by atoms with Crippen molar-refractivity contribution in [3.8, 4) is 0 Å². The molecule has 0 aliphatic carbocycles. The van der Waals surface area contributed by atoms with Crippen LogP contribution >= 0.6 is 0 Å². The van der Waals surface area contributed by atoms with Crippen molar-refractivity contribution in [3.05, 3.63) is 35.4 Å². The Morgan fingerprint density at radius 1 is 1.47 bits per heavy atom. The highest BCUT2D eigenvalue weighted by Gasteiger charge is 2.29. The Kier molecular flexibility index (Phi) is 4.11. The number of hydrogen-bond donors (Lipinski definition) is 1. The Bertz CT molecular complexity index is 481. The second-order valence-electron chi connectivity index (χ2n) is 4.59. The molecule has 1 aromatic carbocycles. The van der Waals surface area contributed by atoms with E-state index in [-0.39, 0.29) is 31.4 Å². The van der Waals surface area contributed by atoms with Crippen LogP contribution in [-0.2, 0) is 4.74 Å². The van der Waals surface area contributed by atoms with E-state index in [2.05, 4.69) is 0 Å². The first-order chi connectivity index (χ1) is 9.01. The minimum absolute atomic E-state index is 0.162. The minimum Gasteiger partial charge on any atom is -0.394 e. The van der Waals surface area contributed by atoms with Crippen molar-refractivity contribution in [2.45, 2.75) is 19.1 Å². The predicted molar refractivity (Wildman–Crippen MR) is 63.7 cm³/mol. The Morgan fingerprint density at radius 2 is 2.21 bits per heavy atom. The number of benzene rings is 1. The fourth-order valence-corrected chi connectivity index (χ4v) is 2.14. The molecule has 6 heteroatoms. The van der Waals surface area contributed by atoms with E-state index in [0.29, 0.717) is 0 Å². The maximum Gasteiger partial charge on any atom is 0.257 e. The Morgan fingerprint density at radius 3 is 2.89 bits per heavy atom. The van der Waals surface area contributed by atoms with Crippen LogP contribution in [0.2, 0.25) is 0 Å². The molecule has 1 aromatic rings. The zero-order valence-corrected chi connectivity index (χ0v) is 10.5. The highest BCUT2D eigenvalue weighted by atomic mass is 19.1. The number of aliphatic hydroxyl groups is 1. The molecule has 19 heavy (non-hydrogen) atoms. The third-order valence-corrected chi connectivity index (χ3v) is 2.98. The number of ether oxygens (including phenoxy) is 1. The number of nitrogens with zero attached hydrogens (tertiary/aromatic N) is 1. The number of aliphatic hydroxyl groups excluding tert-OH is 1. The molecule has 1 aliphatic heterocycles. The summed E-state index contributed by atoms with van der Waals surface area (Å²) in [5, 5.41) is 9.08. The van der Waals surface area contributed by atoms with Crippen LogP contribution in [0.3, 0.4) is 0 Å². The van der Waals surface area contributed by atoms with Crippen molar-refractivity contribution in [1.29, 1.82) is 0 Å². The van der Waals surface area contributed by atoms with E-state index < -0.39 is 23.6 Å². The molecule has 0 radical (unpaired) electrons. The minimum atomic E-state index is -0.758. The standard InChI is InChI=1S/C13H15F2NO3/c1-8-5-16(6-10(7-17)19-8)13(18)11-4-9(14)2-3-12(11)15/h2-4,8,10,17H,5-7H2,1H3. The van der Waals surface area contributed by atoms with Gasteiger partial charge in [-0.2, -0.15) is 0 Å². The van der Waals surface area contributed by atoms with Gasteiger partial charge in [-0.25, -0.2) is 8.78 Å². The lowest BCUT2D eigenvalue weighted by atomic mass is 10.1. The summed E-state index contributed by atoms with van der Waals surface area (Å²) < 4.78 is 32.0. The molecule has 1 fully saturated rings. The number of halogens is 2. The van der Waals surface area contributed by atoms with Crippen molar-refractivity contribution in [3.63, 3.8) is 0 Å². The lowest BCUT2D eigenvalue weighted by Gasteiger charge is -2.36. The summed E-state index contributed by atoms with van der Waals surface area (Å²) in [6.07, 6.45) is -0.754. The first kappa shape index (κ1) is 13.9. The second-order valence-corrected chi connectivity index (χ2v) is 4.59. The van der Waals surface area contributed by atoms with E-state index in [1.165, 1.54) is 4.90 Å². The number of carbonyl (C=O) groups is 1. The van der Waals surface area contributed by atoms with Gasteiger partial charge in [-0.05, 0) is 25.1 Å². The molecule has 1 N–H and O–H groups in total. The largest absolute Gasteiger partial charge is 0.394 e. The molecule has 1 aliphatic rings. The van der Waals surface area contributed by atoms with E-state index in [1.807, 2.05) is 0 Å². The SMILES string of the molecule is CC1CN(C(=O)c2cc(F)ccc2F)CC(CO)O1. The molecule has 2 atom stereocenters. The number of hydrogen-bond acceptors (Lipinski definition) is 3. The molecule has 0 bridgehead atoms. The van der Waals surface area contributed by atoms with Gasteiger partial charge in [0.1, 0.15) is 11.6 Å². The van der Waals surface area contributed by atoms with Gasteiger partial charge in [-0.1, -0.05) is 0 Å². The molecule has 4 nitrogen and oxygen atoms in total. The third-order valence-electron chi connectivity index (χ3n) is 2.98. The normalized spacial score (nSPS) is 23.5. The van der Waals surface area contributed by atoms with Gasteiger partial charge < -0.3 is 14.7 Å². The number of carbonyl (C=O) groups excluding carboxylic acids is 1. The zero-order chi connectivity index (χ0) is 14.0. The highest BCUT2D eigenvalue weighted by Crippen LogP contribution is 2.17. The van der Waals surface area contributed by atoms with Crippen LogP contribution in [0.25, 0.3) is 0 Å². The molecule has 0 spiro atoms. The van der Waals surface area contributed by atoms with Crippen LogP contribution < -0.4 is 0 Å². The monoisotopic (exact) mass is 271 g/mol. The van der Waals surface area contributed by atoms with Gasteiger partial charge in [-0.15, -0.1) is 0 Å². The average molecular weight is 271 g/mol. The Balaban J connectivity index is 2.21. The van der Waals surface area contributed by atoms with E-state index in [4.69, 9.17) is 9.84 Å². The summed E-state index contributed by atoms with van der Waals surface area (Å²) in [4.78, 5) is 13.5. The smallest absolute Gasteiger partial charge is 0.257 e. The first-order valence-electron chi connectivity index (χ1n) is 6.02. The fourth-order valence-electron chi connectivity index (χ4n) is 2.14. The van der Waals surface area contributed by atoms with Crippen LogP contribution in [0.1, 0.15) is 17.3 Å². The van der Waals surface area contributed by atoms with Crippen molar-refractivity contribution in [1.82, 2.24) is 4.90 Å². The molecule has 2 unspecified atom stereocenters. The van der Waals surface area contributed by atoms with Crippen molar-refractivity contribution in [2.24, 2.45) is 0 Å². The maximum absolute atomic E-state index is 13.6. The van der Waals surface area contributed by atoms with Gasteiger partial charge in [0.2, 0.25) is 0 Å². The lowest BCUT2D eigenvalue weighted by Crippen LogP contribution is -2.50. The quantitative estimate of drug-likeness (QED) is 0.879. The predicted octanol–water partition coefficient (Wildman–Crippen LogP) is 1.19. The molecular formula is C13H15F2NO3. The van der Waals surface area contributed by atoms with Crippen molar-refractivity contribution < 1.29 is 23.4 Å².